The van der Waals surface area contributed by atoms with Crippen LogP contribution in [0.3, 0.4) is 0 Å². The number of alkyl carbamates (subject to hydrolysis) is 1. The molecule has 2 N–H and O–H groups in total. The van der Waals surface area contributed by atoms with E-state index in [9.17, 15) is 4.79 Å². The van der Waals surface area contributed by atoms with Crippen molar-refractivity contribution in [3.8, 4) is 0 Å². The normalized spacial score (nSPS) is 17.9. The highest BCUT2D eigenvalue weighted by molar-refractivity contribution is 5.67. The number of ether oxygens (including phenoxy) is 1. The molecule has 20 heavy (non-hydrogen) atoms. The molecule has 110 valence electrons. The number of carbonyl (C=O) groups excluding carboxylic acids is 1. The largest absolute Gasteiger partial charge is 0.453 e. The number of hydrogen-bond acceptors (Lipinski definition) is 6. The second-order valence-corrected chi connectivity index (χ2v) is 4.77. The van der Waals surface area contributed by atoms with E-state index in [1.165, 1.54) is 7.11 Å². The van der Waals surface area contributed by atoms with Crippen molar-refractivity contribution in [3.63, 3.8) is 0 Å². The van der Waals surface area contributed by atoms with Crippen LogP contribution in [0.15, 0.2) is 6.33 Å². The van der Waals surface area contributed by atoms with Crippen LogP contribution < -0.4 is 15.5 Å². The van der Waals surface area contributed by atoms with Gasteiger partial charge in [0.25, 0.3) is 0 Å². The van der Waals surface area contributed by atoms with E-state index >= 15 is 0 Å². The lowest BCUT2D eigenvalue weighted by Crippen LogP contribution is -2.37. The van der Waals surface area contributed by atoms with Crippen LogP contribution in [0.25, 0.3) is 0 Å². The Morgan fingerprint density at radius 3 is 3.05 bits per heavy atom. The molecule has 0 radical (unpaired) electrons. The number of hydrogen-bond donors (Lipinski definition) is 2. The molecule has 0 aliphatic carbocycles. The highest BCUT2D eigenvalue weighted by Gasteiger charge is 2.26. The minimum atomic E-state index is -0.385. The van der Waals surface area contributed by atoms with E-state index in [-0.39, 0.29) is 12.1 Å². The van der Waals surface area contributed by atoms with Gasteiger partial charge in [0.2, 0.25) is 0 Å². The third-order valence-corrected chi connectivity index (χ3v) is 3.40. The lowest BCUT2D eigenvalue weighted by atomic mass is 10.3. The maximum Gasteiger partial charge on any atom is 0.407 e. The molecule has 0 saturated carbocycles. The van der Waals surface area contributed by atoms with E-state index < -0.39 is 0 Å². The molecule has 1 saturated heterocycles. The molecular formula is C13H21N5O2. The molecule has 1 aliphatic rings. The Kier molecular flexibility index (Phi) is 4.60. The number of methoxy groups -OCH3 is 1. The standard InChI is InChI=1S/C13H21N5O2/c1-4-14-11-9(2)12(16-8-15-11)18-6-5-10(7-18)17-13(19)20-3/h8,10H,4-7H2,1-3H3,(H,17,19)(H,14,15,16). The van der Waals surface area contributed by atoms with Crippen molar-refractivity contribution in [1.29, 1.82) is 0 Å². The van der Waals surface area contributed by atoms with Gasteiger partial charge in [-0.05, 0) is 20.3 Å². The fourth-order valence-corrected chi connectivity index (χ4v) is 2.40. The third kappa shape index (κ3) is 3.09. The molecule has 1 aromatic rings. The quantitative estimate of drug-likeness (QED) is 0.860. The Bertz CT molecular complexity index is 480. The topological polar surface area (TPSA) is 79.4 Å². The van der Waals surface area contributed by atoms with Crippen molar-refractivity contribution in [3.05, 3.63) is 11.9 Å². The summed E-state index contributed by atoms with van der Waals surface area (Å²) in [7, 11) is 1.37. The van der Waals surface area contributed by atoms with Gasteiger partial charge in [0, 0.05) is 25.2 Å². The fourth-order valence-electron chi connectivity index (χ4n) is 2.40. The summed E-state index contributed by atoms with van der Waals surface area (Å²) in [6, 6.07) is 0.0967. The molecule has 7 heteroatoms. The minimum Gasteiger partial charge on any atom is -0.453 e. The first-order chi connectivity index (χ1) is 9.65. The van der Waals surface area contributed by atoms with Gasteiger partial charge in [0.15, 0.2) is 0 Å². The first kappa shape index (κ1) is 14.4. The average molecular weight is 279 g/mol. The summed E-state index contributed by atoms with van der Waals surface area (Å²) in [5, 5.41) is 6.05. The zero-order chi connectivity index (χ0) is 14.5. The van der Waals surface area contributed by atoms with E-state index in [4.69, 9.17) is 0 Å². The second kappa shape index (κ2) is 6.40. The van der Waals surface area contributed by atoms with Gasteiger partial charge in [-0.3, -0.25) is 0 Å². The zero-order valence-corrected chi connectivity index (χ0v) is 12.1. The van der Waals surface area contributed by atoms with Gasteiger partial charge in [-0.2, -0.15) is 0 Å². The third-order valence-electron chi connectivity index (χ3n) is 3.40. The van der Waals surface area contributed by atoms with E-state index in [1.807, 2.05) is 13.8 Å². The Labute approximate surface area is 118 Å². The first-order valence-corrected chi connectivity index (χ1v) is 6.80. The smallest absolute Gasteiger partial charge is 0.407 e. The van der Waals surface area contributed by atoms with Crippen LogP contribution in [0.4, 0.5) is 16.4 Å². The molecule has 1 atom stereocenters. The van der Waals surface area contributed by atoms with Crippen LogP contribution in [-0.4, -0.2) is 48.8 Å². The van der Waals surface area contributed by atoms with E-state index in [2.05, 4.69) is 30.2 Å². The number of nitrogens with one attached hydrogen (secondary N) is 2. The van der Waals surface area contributed by atoms with Crippen LogP contribution in [0.2, 0.25) is 0 Å². The minimum absolute atomic E-state index is 0.0967. The van der Waals surface area contributed by atoms with Crippen molar-refractivity contribution in [2.75, 3.05) is 37.0 Å². The second-order valence-electron chi connectivity index (χ2n) is 4.77. The lowest BCUT2D eigenvalue weighted by molar-refractivity contribution is 0.167. The number of aromatic nitrogens is 2. The molecule has 7 nitrogen and oxygen atoms in total. The van der Waals surface area contributed by atoms with Gasteiger partial charge in [0.05, 0.1) is 13.2 Å². The molecule has 1 fully saturated rings. The Morgan fingerprint density at radius 2 is 2.35 bits per heavy atom. The molecule has 2 rings (SSSR count). The fraction of sp³-hybridized carbons (Fsp3) is 0.615. The zero-order valence-electron chi connectivity index (χ0n) is 12.1. The van der Waals surface area contributed by atoms with Crippen LogP contribution in [0.1, 0.15) is 18.9 Å². The molecular weight excluding hydrogens is 258 g/mol. The monoisotopic (exact) mass is 279 g/mol. The summed E-state index contributed by atoms with van der Waals surface area (Å²) in [6.45, 7) is 6.46. The van der Waals surface area contributed by atoms with Gasteiger partial charge >= 0.3 is 6.09 Å². The molecule has 0 spiro atoms. The summed E-state index contributed by atoms with van der Waals surface area (Å²) >= 11 is 0. The maximum atomic E-state index is 11.2. The number of nitrogens with zero attached hydrogens (tertiary/aromatic N) is 3. The Morgan fingerprint density at radius 1 is 1.55 bits per heavy atom. The number of amides is 1. The number of carbonyl (C=O) groups is 1. The van der Waals surface area contributed by atoms with E-state index in [1.54, 1.807) is 6.33 Å². The molecule has 0 aromatic carbocycles. The summed E-state index contributed by atoms with van der Waals surface area (Å²) < 4.78 is 4.62. The predicted molar refractivity (Wildman–Crippen MR) is 77.1 cm³/mol. The first-order valence-electron chi connectivity index (χ1n) is 6.80. The van der Waals surface area contributed by atoms with Crippen molar-refractivity contribution in [1.82, 2.24) is 15.3 Å². The maximum absolute atomic E-state index is 11.2. The van der Waals surface area contributed by atoms with Gasteiger partial charge in [-0.15, -0.1) is 0 Å². The Hall–Kier alpha value is -2.05. The number of anilines is 2. The van der Waals surface area contributed by atoms with Crippen LogP contribution in [-0.2, 0) is 4.74 Å². The molecule has 2 heterocycles. The molecule has 1 amide bonds. The summed E-state index contributed by atoms with van der Waals surface area (Å²) in [5.74, 6) is 1.78. The summed E-state index contributed by atoms with van der Waals surface area (Å²) in [6.07, 6.45) is 2.07. The predicted octanol–water partition coefficient (Wildman–Crippen LogP) is 1.15. The van der Waals surface area contributed by atoms with Crippen molar-refractivity contribution < 1.29 is 9.53 Å². The van der Waals surface area contributed by atoms with Crippen molar-refractivity contribution >= 4 is 17.7 Å². The van der Waals surface area contributed by atoms with Crippen LogP contribution in [0, 0.1) is 6.92 Å². The Balaban J connectivity index is 2.06. The molecule has 1 aromatic heterocycles. The van der Waals surface area contributed by atoms with Crippen LogP contribution in [0.5, 0.6) is 0 Å². The molecule has 1 unspecified atom stereocenters. The van der Waals surface area contributed by atoms with E-state index in [0.29, 0.717) is 0 Å². The van der Waals surface area contributed by atoms with Gasteiger partial charge < -0.3 is 20.3 Å². The van der Waals surface area contributed by atoms with Crippen LogP contribution >= 0.6 is 0 Å². The SMILES string of the molecule is CCNc1ncnc(N2CCC(NC(=O)OC)C2)c1C. The summed E-state index contributed by atoms with van der Waals surface area (Å²) in [5.41, 5.74) is 1.04. The number of rotatable bonds is 4. The lowest BCUT2D eigenvalue weighted by Gasteiger charge is -2.20. The van der Waals surface area contributed by atoms with Crippen molar-refractivity contribution in [2.45, 2.75) is 26.3 Å². The van der Waals surface area contributed by atoms with Gasteiger partial charge in [-0.25, -0.2) is 14.8 Å². The highest BCUT2D eigenvalue weighted by atomic mass is 16.5. The summed E-state index contributed by atoms with van der Waals surface area (Å²) in [4.78, 5) is 22.0. The average Bonchev–Trinajstić information content (AvgIpc) is 2.89. The molecule has 0 bridgehead atoms. The van der Waals surface area contributed by atoms with E-state index in [0.717, 1.165) is 43.3 Å². The van der Waals surface area contributed by atoms with Gasteiger partial charge in [0.1, 0.15) is 18.0 Å². The molecule has 1 aliphatic heterocycles. The van der Waals surface area contributed by atoms with Crippen molar-refractivity contribution in [2.24, 2.45) is 0 Å². The highest BCUT2D eigenvalue weighted by Crippen LogP contribution is 2.25. The van der Waals surface area contributed by atoms with Gasteiger partial charge in [-0.1, -0.05) is 0 Å².